The Bertz CT molecular complexity index is 581. The number of piperazine rings is 1. The van der Waals surface area contributed by atoms with Crippen LogP contribution in [0, 0.1) is 5.92 Å². The van der Waals surface area contributed by atoms with Crippen LogP contribution in [0.15, 0.2) is 0 Å². The number of aliphatic hydroxyl groups is 4. The van der Waals surface area contributed by atoms with E-state index in [1.165, 1.54) is 0 Å². The molecular formula is C14H22N2O9. The van der Waals surface area contributed by atoms with Gasteiger partial charge in [-0.05, 0) is 13.3 Å². The van der Waals surface area contributed by atoms with Gasteiger partial charge in [-0.15, -0.1) is 0 Å². The van der Waals surface area contributed by atoms with Crippen molar-refractivity contribution in [1.29, 1.82) is 0 Å². The number of esters is 1. The van der Waals surface area contributed by atoms with Crippen LogP contribution in [0.3, 0.4) is 0 Å². The number of methoxy groups -OCH3 is 1. The number of amides is 2. The van der Waals surface area contributed by atoms with Crippen LogP contribution in [0.25, 0.3) is 0 Å². The molecule has 0 spiro atoms. The van der Waals surface area contributed by atoms with Crippen LogP contribution in [0.5, 0.6) is 0 Å². The molecule has 11 heteroatoms. The first-order chi connectivity index (χ1) is 11.5. The summed E-state index contributed by atoms with van der Waals surface area (Å²) < 4.78 is 9.87. The van der Waals surface area contributed by atoms with Crippen molar-refractivity contribution in [2.45, 2.75) is 42.9 Å². The maximum absolute atomic E-state index is 12.5. The summed E-state index contributed by atoms with van der Waals surface area (Å²) in [6, 6.07) is 0. The minimum Gasteiger partial charge on any atom is -0.469 e. The summed E-state index contributed by atoms with van der Waals surface area (Å²) in [5.41, 5.74) is -6.99. The first-order valence-electron chi connectivity index (χ1n) is 7.63. The Kier molecular flexibility index (Phi) is 5.08. The van der Waals surface area contributed by atoms with E-state index in [1.807, 2.05) is 0 Å². The van der Waals surface area contributed by atoms with Gasteiger partial charge in [-0.2, -0.15) is 0 Å². The molecule has 6 N–H and O–H groups in total. The average Bonchev–Trinajstić information content (AvgIpc) is 2.56. The zero-order valence-electron chi connectivity index (χ0n) is 13.8. The van der Waals surface area contributed by atoms with Crippen molar-refractivity contribution in [3.63, 3.8) is 0 Å². The normalized spacial score (nSPS) is 35.7. The highest BCUT2D eigenvalue weighted by atomic mass is 16.5. The molecule has 3 rings (SSSR count). The molecule has 0 saturated carbocycles. The van der Waals surface area contributed by atoms with E-state index in [4.69, 9.17) is 4.74 Å². The third kappa shape index (κ3) is 3.09. The molecule has 3 aliphatic rings. The highest BCUT2D eigenvalue weighted by Crippen LogP contribution is 2.35. The molecular weight excluding hydrogens is 340 g/mol. The second-order valence-electron chi connectivity index (χ2n) is 6.44. The maximum atomic E-state index is 12.5. The monoisotopic (exact) mass is 362 g/mol. The molecule has 3 heterocycles. The largest absolute Gasteiger partial charge is 0.469 e. The molecule has 3 saturated heterocycles. The van der Waals surface area contributed by atoms with Crippen LogP contribution < -0.4 is 10.6 Å². The summed E-state index contributed by atoms with van der Waals surface area (Å²) >= 11 is 0. The van der Waals surface area contributed by atoms with Crippen LogP contribution in [0.4, 0.5) is 0 Å². The number of carbonyl (C=O) groups excluding carboxylic acids is 3. The van der Waals surface area contributed by atoms with Gasteiger partial charge < -0.3 is 40.5 Å². The third-order valence-corrected chi connectivity index (χ3v) is 4.61. The molecule has 0 aliphatic carbocycles. The number of nitrogens with one attached hydrogen (secondary N) is 2. The second-order valence-corrected chi connectivity index (χ2v) is 6.44. The first-order valence-corrected chi connectivity index (χ1v) is 7.63. The first kappa shape index (κ1) is 19.5. The summed E-state index contributed by atoms with van der Waals surface area (Å²) in [6.45, 7) is -0.0945. The highest BCUT2D eigenvalue weighted by Gasteiger charge is 2.64. The molecule has 142 valence electrons. The fourth-order valence-electron chi connectivity index (χ4n) is 2.93. The van der Waals surface area contributed by atoms with Crippen molar-refractivity contribution in [3.05, 3.63) is 0 Å². The Morgan fingerprint density at radius 1 is 1.44 bits per heavy atom. The van der Waals surface area contributed by atoms with Gasteiger partial charge in [-0.3, -0.25) is 14.4 Å². The van der Waals surface area contributed by atoms with Crippen LogP contribution >= 0.6 is 0 Å². The number of hydrogen-bond donors (Lipinski definition) is 6. The van der Waals surface area contributed by atoms with E-state index in [-0.39, 0.29) is 19.4 Å². The quantitative estimate of drug-likeness (QED) is 0.269. The second kappa shape index (κ2) is 6.50. The lowest BCUT2D eigenvalue weighted by molar-refractivity contribution is -0.241. The molecule has 25 heavy (non-hydrogen) atoms. The van der Waals surface area contributed by atoms with Gasteiger partial charge in [0.25, 0.3) is 17.5 Å². The Morgan fingerprint density at radius 2 is 2.08 bits per heavy atom. The van der Waals surface area contributed by atoms with Gasteiger partial charge in [0.15, 0.2) is 0 Å². The number of aliphatic hydroxyl groups excluding tert-OH is 2. The van der Waals surface area contributed by atoms with Gasteiger partial charge in [0.05, 0.1) is 26.7 Å². The summed E-state index contributed by atoms with van der Waals surface area (Å²) in [5.74, 6) is -3.96. The molecule has 5 atom stereocenters. The molecule has 0 radical (unpaired) electrons. The molecule has 0 aromatic rings. The predicted octanol–water partition coefficient (Wildman–Crippen LogP) is -3.68. The topological polar surface area (TPSA) is 175 Å². The summed E-state index contributed by atoms with van der Waals surface area (Å²) in [7, 11) is 1.14. The molecule has 3 aliphatic heterocycles. The van der Waals surface area contributed by atoms with Gasteiger partial charge in [-0.1, -0.05) is 0 Å². The number of ether oxygens (including phenoxy) is 2. The van der Waals surface area contributed by atoms with Gasteiger partial charge >= 0.3 is 5.97 Å². The van der Waals surface area contributed by atoms with Crippen molar-refractivity contribution in [3.8, 4) is 0 Å². The van der Waals surface area contributed by atoms with Crippen molar-refractivity contribution in [2.24, 2.45) is 5.92 Å². The molecule has 1 unspecified atom stereocenters. The lowest BCUT2D eigenvalue weighted by Gasteiger charge is -2.51. The van der Waals surface area contributed by atoms with Crippen LogP contribution in [-0.4, -0.2) is 81.7 Å². The number of carbonyl (C=O) groups is 3. The van der Waals surface area contributed by atoms with Crippen molar-refractivity contribution >= 4 is 17.8 Å². The Hall–Kier alpha value is -1.79. The molecule has 0 aromatic heterocycles. The molecule has 3 fully saturated rings. The van der Waals surface area contributed by atoms with Crippen LogP contribution in [-0.2, 0) is 23.9 Å². The summed E-state index contributed by atoms with van der Waals surface area (Å²) in [6.07, 6.45) is -2.40. The summed E-state index contributed by atoms with van der Waals surface area (Å²) in [5, 5.41) is 44.4. The van der Waals surface area contributed by atoms with Crippen molar-refractivity contribution in [2.75, 3.05) is 20.3 Å². The fourth-order valence-corrected chi connectivity index (χ4v) is 2.93. The van der Waals surface area contributed by atoms with Crippen LogP contribution in [0.2, 0.25) is 0 Å². The lowest BCUT2D eigenvalue weighted by Crippen LogP contribution is -2.83. The highest BCUT2D eigenvalue weighted by molar-refractivity contribution is 6.01. The lowest BCUT2D eigenvalue weighted by atomic mass is 9.81. The van der Waals surface area contributed by atoms with Crippen molar-refractivity contribution in [1.82, 2.24) is 10.6 Å². The maximum Gasteiger partial charge on any atom is 0.305 e. The van der Waals surface area contributed by atoms with E-state index in [9.17, 15) is 34.8 Å². The van der Waals surface area contributed by atoms with Gasteiger partial charge in [0, 0.05) is 5.92 Å². The average molecular weight is 362 g/mol. The molecule has 2 bridgehead atoms. The molecule has 0 aromatic carbocycles. The molecule has 11 nitrogen and oxygen atoms in total. The zero-order valence-corrected chi connectivity index (χ0v) is 13.8. The minimum atomic E-state index is -2.41. The van der Waals surface area contributed by atoms with Crippen LogP contribution in [0.1, 0.15) is 19.8 Å². The minimum absolute atomic E-state index is 0.0188. The Labute approximate surface area is 142 Å². The van der Waals surface area contributed by atoms with Gasteiger partial charge in [0.2, 0.25) is 5.72 Å². The smallest absolute Gasteiger partial charge is 0.305 e. The molecule has 2 amide bonds. The van der Waals surface area contributed by atoms with Gasteiger partial charge in [0.1, 0.15) is 11.7 Å². The fraction of sp³-hybridized carbons (Fsp3) is 0.786. The third-order valence-electron chi connectivity index (χ3n) is 4.61. The van der Waals surface area contributed by atoms with E-state index >= 15 is 0 Å². The Morgan fingerprint density at radius 3 is 2.64 bits per heavy atom. The van der Waals surface area contributed by atoms with Gasteiger partial charge in [-0.25, -0.2) is 0 Å². The predicted molar refractivity (Wildman–Crippen MR) is 78.4 cm³/mol. The van der Waals surface area contributed by atoms with E-state index in [1.54, 1.807) is 0 Å². The van der Waals surface area contributed by atoms with E-state index in [0.29, 0.717) is 0 Å². The number of fused-ring (bicyclic) bond motifs is 5. The van der Waals surface area contributed by atoms with Crippen molar-refractivity contribution < 1.29 is 44.3 Å². The number of rotatable bonds is 5. The number of hydrogen-bond acceptors (Lipinski definition) is 9. The SMILES string of the molecule is COC(=O)CC1CCO[C@]2([C@@H](O)[C@@](C)(O)CO)NC(=O)[C@@]1(O)NC2=O. The Balaban J connectivity index is 2.38. The van der Waals surface area contributed by atoms with E-state index in [0.717, 1.165) is 14.0 Å². The zero-order chi connectivity index (χ0) is 19.0. The van der Waals surface area contributed by atoms with E-state index in [2.05, 4.69) is 15.4 Å². The standard InChI is InChI=1S/C14H22N2O9/c1-12(22,6-17)9(19)14-11(21)15-13(23,10(20)16-14)7(3-4-25-14)5-8(18)24-2/h7,9,17,19,22-23H,3-6H2,1-2H3,(H,15,21)(H,16,20)/t7?,9-,12-,13+,14-/m0/s1. The van der Waals surface area contributed by atoms with E-state index < -0.39 is 53.5 Å². The summed E-state index contributed by atoms with van der Waals surface area (Å²) in [4.78, 5) is 36.5.